The molecule has 0 amide bonds. The molecule has 2 nitrogen and oxygen atoms in total. The molecule has 0 radical (unpaired) electrons. The molecule has 0 aromatic heterocycles. The second-order valence-corrected chi connectivity index (χ2v) is 3.98. The number of carbonyl (C=O) groups excluding carboxylic acids is 2. The zero-order valence-corrected chi connectivity index (χ0v) is 9.80. The van der Waals surface area contributed by atoms with Crippen molar-refractivity contribution in [2.24, 2.45) is 5.92 Å². The summed E-state index contributed by atoms with van der Waals surface area (Å²) in [6.45, 7) is 3.54. The van der Waals surface area contributed by atoms with E-state index in [1.165, 1.54) is 12.1 Å². The van der Waals surface area contributed by atoms with Crippen LogP contribution in [0.5, 0.6) is 0 Å². The fraction of sp³-hybridized carbons (Fsp3) is 0.385. The Labute approximate surface area is 98.6 Å². The number of ketones is 2. The summed E-state index contributed by atoms with van der Waals surface area (Å²) in [6, 6.07) is 3.37. The van der Waals surface area contributed by atoms with Gasteiger partial charge in [0.25, 0.3) is 0 Å². The van der Waals surface area contributed by atoms with E-state index in [2.05, 4.69) is 0 Å². The molecule has 0 fully saturated rings. The molecular formula is C13H14F2O2. The molecule has 0 heterocycles. The van der Waals surface area contributed by atoms with Gasteiger partial charge in [0.05, 0.1) is 12.0 Å². The van der Waals surface area contributed by atoms with Gasteiger partial charge < -0.3 is 0 Å². The van der Waals surface area contributed by atoms with Crippen LogP contribution in [0.15, 0.2) is 18.2 Å². The van der Waals surface area contributed by atoms with Crippen LogP contribution in [0, 0.1) is 17.6 Å². The Morgan fingerprint density at radius 2 is 1.94 bits per heavy atom. The maximum absolute atomic E-state index is 13.3. The fourth-order valence-electron chi connectivity index (χ4n) is 1.37. The first-order chi connectivity index (χ1) is 7.97. The summed E-state index contributed by atoms with van der Waals surface area (Å²) >= 11 is 0. The van der Waals surface area contributed by atoms with Crippen LogP contribution < -0.4 is 0 Å². The van der Waals surface area contributed by atoms with Gasteiger partial charge in [-0.1, -0.05) is 19.9 Å². The highest BCUT2D eigenvalue weighted by Gasteiger charge is 2.20. The third-order valence-corrected chi connectivity index (χ3v) is 2.75. The molecule has 1 rings (SSSR count). The van der Waals surface area contributed by atoms with Crippen molar-refractivity contribution in [1.82, 2.24) is 0 Å². The summed E-state index contributed by atoms with van der Waals surface area (Å²) < 4.78 is 26.2. The molecule has 0 N–H and O–H groups in total. The van der Waals surface area contributed by atoms with E-state index in [4.69, 9.17) is 0 Å². The second kappa shape index (κ2) is 5.66. The molecule has 0 saturated carbocycles. The minimum absolute atomic E-state index is 0.240. The van der Waals surface area contributed by atoms with Crippen molar-refractivity contribution >= 4 is 11.6 Å². The van der Waals surface area contributed by atoms with Gasteiger partial charge in [-0.25, -0.2) is 8.78 Å². The van der Waals surface area contributed by atoms with Crippen molar-refractivity contribution in [2.75, 3.05) is 0 Å². The van der Waals surface area contributed by atoms with Crippen LogP contribution >= 0.6 is 0 Å². The summed E-state index contributed by atoms with van der Waals surface area (Å²) in [5.41, 5.74) is -0.360. The lowest BCUT2D eigenvalue weighted by atomic mass is 9.96. The normalized spacial score (nSPS) is 12.2. The van der Waals surface area contributed by atoms with Crippen molar-refractivity contribution in [2.45, 2.75) is 26.7 Å². The van der Waals surface area contributed by atoms with E-state index in [1.54, 1.807) is 6.92 Å². The molecule has 0 bridgehead atoms. The Balaban J connectivity index is 2.84. The first-order valence-corrected chi connectivity index (χ1v) is 5.47. The molecule has 1 atom stereocenters. The molecule has 0 aliphatic rings. The topological polar surface area (TPSA) is 34.1 Å². The second-order valence-electron chi connectivity index (χ2n) is 3.98. The predicted octanol–water partition coefficient (Wildman–Crippen LogP) is 3.15. The van der Waals surface area contributed by atoms with Gasteiger partial charge in [0.15, 0.2) is 17.4 Å². The Morgan fingerprint density at radius 3 is 2.53 bits per heavy atom. The van der Waals surface area contributed by atoms with Crippen molar-refractivity contribution in [1.29, 1.82) is 0 Å². The van der Waals surface area contributed by atoms with Crippen LogP contribution in [-0.4, -0.2) is 11.6 Å². The zero-order valence-electron chi connectivity index (χ0n) is 9.80. The smallest absolute Gasteiger partial charge is 0.173 e. The lowest BCUT2D eigenvalue weighted by Crippen LogP contribution is -2.16. The third-order valence-electron chi connectivity index (χ3n) is 2.75. The fourth-order valence-corrected chi connectivity index (χ4v) is 1.37. The highest BCUT2D eigenvalue weighted by Crippen LogP contribution is 2.15. The van der Waals surface area contributed by atoms with Gasteiger partial charge >= 0.3 is 0 Å². The number of hydrogen-bond donors (Lipinski definition) is 0. The monoisotopic (exact) mass is 240 g/mol. The first-order valence-electron chi connectivity index (χ1n) is 5.47. The first kappa shape index (κ1) is 13.5. The van der Waals surface area contributed by atoms with Gasteiger partial charge in [-0.15, -0.1) is 0 Å². The van der Waals surface area contributed by atoms with Gasteiger partial charge in [0, 0.05) is 5.92 Å². The summed E-state index contributed by atoms with van der Waals surface area (Å²) in [6.07, 6.45) is 0.243. The van der Waals surface area contributed by atoms with Crippen LogP contribution in [0.2, 0.25) is 0 Å². The quantitative estimate of drug-likeness (QED) is 0.585. The Bertz CT molecular complexity index is 441. The van der Waals surface area contributed by atoms with Crippen LogP contribution in [0.25, 0.3) is 0 Å². The maximum atomic E-state index is 13.3. The van der Waals surface area contributed by atoms with E-state index in [1.807, 2.05) is 6.92 Å². The molecule has 0 aliphatic carbocycles. The molecule has 92 valence electrons. The predicted molar refractivity (Wildman–Crippen MR) is 59.8 cm³/mol. The number of halogens is 2. The van der Waals surface area contributed by atoms with E-state index >= 15 is 0 Å². The number of benzene rings is 1. The Kier molecular flexibility index (Phi) is 4.49. The molecule has 0 spiro atoms. The van der Waals surface area contributed by atoms with Gasteiger partial charge in [-0.2, -0.15) is 0 Å². The standard InChI is InChI=1S/C13H14F2O2/c1-3-8(2)11(16)7-12(17)9-5-4-6-10(14)13(9)15/h4-6,8H,3,7H2,1-2H3. The van der Waals surface area contributed by atoms with Gasteiger partial charge in [0.2, 0.25) is 0 Å². The molecule has 1 aromatic carbocycles. The van der Waals surface area contributed by atoms with Crippen molar-refractivity contribution in [3.63, 3.8) is 0 Å². The lowest BCUT2D eigenvalue weighted by molar-refractivity contribution is -0.121. The van der Waals surface area contributed by atoms with Crippen molar-refractivity contribution in [3.05, 3.63) is 35.4 Å². The number of rotatable bonds is 5. The highest BCUT2D eigenvalue weighted by molar-refractivity contribution is 6.08. The number of carbonyl (C=O) groups is 2. The number of Topliss-reactive ketones (excluding diaryl/α,β-unsaturated/α-hetero) is 2. The summed E-state index contributed by atoms with van der Waals surface area (Å²) in [7, 11) is 0. The Morgan fingerprint density at radius 1 is 1.29 bits per heavy atom. The van der Waals surface area contributed by atoms with Crippen LogP contribution in [0.1, 0.15) is 37.0 Å². The van der Waals surface area contributed by atoms with Crippen LogP contribution in [0.3, 0.4) is 0 Å². The van der Waals surface area contributed by atoms with E-state index < -0.39 is 17.4 Å². The van der Waals surface area contributed by atoms with Gasteiger partial charge in [-0.05, 0) is 18.6 Å². The average molecular weight is 240 g/mol. The summed E-state index contributed by atoms with van der Waals surface area (Å²) in [5, 5.41) is 0. The molecular weight excluding hydrogens is 226 g/mol. The van der Waals surface area contributed by atoms with Crippen molar-refractivity contribution in [3.8, 4) is 0 Å². The SMILES string of the molecule is CCC(C)C(=O)CC(=O)c1cccc(F)c1F. The summed E-state index contributed by atoms with van der Waals surface area (Å²) in [4.78, 5) is 23.1. The molecule has 1 aromatic rings. The molecule has 4 heteroatoms. The lowest BCUT2D eigenvalue weighted by Gasteiger charge is -2.07. The Hall–Kier alpha value is -1.58. The molecule has 1 unspecified atom stereocenters. The van der Waals surface area contributed by atoms with Gasteiger partial charge in [0.1, 0.15) is 5.78 Å². The molecule has 0 aliphatic heterocycles. The largest absolute Gasteiger partial charge is 0.299 e. The van der Waals surface area contributed by atoms with Gasteiger partial charge in [-0.3, -0.25) is 9.59 Å². The minimum Gasteiger partial charge on any atom is -0.299 e. The van der Waals surface area contributed by atoms with E-state index in [9.17, 15) is 18.4 Å². The number of hydrogen-bond acceptors (Lipinski definition) is 2. The molecule has 17 heavy (non-hydrogen) atoms. The molecule has 0 saturated heterocycles. The third kappa shape index (κ3) is 3.19. The zero-order chi connectivity index (χ0) is 13.0. The average Bonchev–Trinajstić information content (AvgIpc) is 2.31. The van der Waals surface area contributed by atoms with E-state index in [-0.39, 0.29) is 23.7 Å². The van der Waals surface area contributed by atoms with E-state index in [0.29, 0.717) is 6.42 Å². The van der Waals surface area contributed by atoms with Crippen LogP contribution in [-0.2, 0) is 4.79 Å². The maximum Gasteiger partial charge on any atom is 0.173 e. The van der Waals surface area contributed by atoms with E-state index in [0.717, 1.165) is 6.07 Å². The van der Waals surface area contributed by atoms with Crippen LogP contribution in [0.4, 0.5) is 8.78 Å². The summed E-state index contributed by atoms with van der Waals surface area (Å²) in [5.74, 6) is -3.43. The van der Waals surface area contributed by atoms with Crippen molar-refractivity contribution < 1.29 is 18.4 Å². The highest BCUT2D eigenvalue weighted by atomic mass is 19.2. The minimum atomic E-state index is -1.19.